The molecule has 0 saturated heterocycles. The third-order valence-electron chi connectivity index (χ3n) is 4.37. The molecule has 5 nitrogen and oxygen atoms in total. The number of rotatable bonds is 5. The van der Waals surface area contributed by atoms with Gasteiger partial charge in [-0.1, -0.05) is 48.0 Å². The van der Waals surface area contributed by atoms with E-state index in [1.807, 2.05) is 24.3 Å². The minimum Gasteiger partial charge on any atom is -0.502 e. The molecule has 6 heteroatoms. The molecule has 3 rings (SSSR count). The Hall–Kier alpha value is -2.79. The minimum absolute atomic E-state index is 0.0152. The van der Waals surface area contributed by atoms with E-state index >= 15 is 0 Å². The van der Waals surface area contributed by atoms with E-state index in [-0.39, 0.29) is 5.56 Å². The highest BCUT2D eigenvalue weighted by Gasteiger charge is 2.20. The van der Waals surface area contributed by atoms with Crippen LogP contribution in [0.4, 0.5) is 0 Å². The number of amides is 1. The zero-order valence-corrected chi connectivity index (χ0v) is 15.1. The van der Waals surface area contributed by atoms with Crippen molar-refractivity contribution in [3.8, 4) is 5.75 Å². The monoisotopic (exact) mass is 370 g/mol. The van der Waals surface area contributed by atoms with Crippen LogP contribution in [0.5, 0.6) is 5.75 Å². The molecule has 0 spiro atoms. The van der Waals surface area contributed by atoms with Gasteiger partial charge in [-0.25, -0.2) is 0 Å². The maximum Gasteiger partial charge on any atom is 0.293 e. The van der Waals surface area contributed by atoms with Gasteiger partial charge in [-0.3, -0.25) is 9.59 Å². The number of aromatic nitrogens is 1. The summed E-state index contributed by atoms with van der Waals surface area (Å²) in [5.74, 6) is -0.995. The van der Waals surface area contributed by atoms with Crippen molar-refractivity contribution in [2.75, 3.05) is 6.54 Å². The first-order valence-electron chi connectivity index (χ1n) is 8.33. The molecule has 1 heterocycles. The number of para-hydroxylation sites is 1. The SMILES string of the molecule is Cn1c(=O)c(O)c(C(=O)NCCCc2ccccc2Cl)c2ccccc21. The highest BCUT2D eigenvalue weighted by Crippen LogP contribution is 2.23. The molecule has 3 aromatic rings. The van der Waals surface area contributed by atoms with Crippen LogP contribution in [0, 0.1) is 0 Å². The zero-order valence-electron chi connectivity index (χ0n) is 14.3. The molecular formula is C20H19ClN2O3. The summed E-state index contributed by atoms with van der Waals surface area (Å²) >= 11 is 6.12. The van der Waals surface area contributed by atoms with Crippen LogP contribution in [-0.4, -0.2) is 22.1 Å². The molecule has 0 aliphatic carbocycles. The first-order chi connectivity index (χ1) is 12.5. The molecule has 2 N–H and O–H groups in total. The van der Waals surface area contributed by atoms with E-state index in [9.17, 15) is 14.7 Å². The van der Waals surface area contributed by atoms with E-state index in [4.69, 9.17) is 11.6 Å². The molecule has 2 aromatic carbocycles. The Morgan fingerprint density at radius 2 is 1.85 bits per heavy atom. The van der Waals surface area contributed by atoms with Gasteiger partial charge in [-0.05, 0) is 30.5 Å². The highest BCUT2D eigenvalue weighted by atomic mass is 35.5. The summed E-state index contributed by atoms with van der Waals surface area (Å²) in [5.41, 5.74) is 1.04. The average Bonchev–Trinajstić information content (AvgIpc) is 2.65. The number of fused-ring (bicyclic) bond motifs is 1. The molecule has 0 saturated carbocycles. The topological polar surface area (TPSA) is 71.3 Å². The summed E-state index contributed by atoms with van der Waals surface area (Å²) in [6, 6.07) is 14.6. The Labute approximate surface area is 155 Å². The van der Waals surface area contributed by atoms with Gasteiger partial charge in [0.2, 0.25) is 0 Å². The fourth-order valence-corrected chi connectivity index (χ4v) is 3.21. The Kier molecular flexibility index (Phi) is 5.28. The van der Waals surface area contributed by atoms with Crippen molar-refractivity contribution in [2.45, 2.75) is 12.8 Å². The minimum atomic E-state index is -0.593. The van der Waals surface area contributed by atoms with E-state index < -0.39 is 17.2 Å². The zero-order chi connectivity index (χ0) is 18.7. The number of nitrogens with one attached hydrogen (secondary N) is 1. The fourth-order valence-electron chi connectivity index (χ4n) is 2.98. The van der Waals surface area contributed by atoms with Crippen LogP contribution in [0.1, 0.15) is 22.3 Å². The van der Waals surface area contributed by atoms with E-state index in [1.165, 1.54) is 4.57 Å². The first kappa shape index (κ1) is 18.0. The summed E-state index contributed by atoms with van der Waals surface area (Å²) in [6.07, 6.45) is 1.42. The molecule has 0 fully saturated rings. The van der Waals surface area contributed by atoms with Crippen LogP contribution in [-0.2, 0) is 13.5 Å². The maximum atomic E-state index is 12.6. The number of hydrogen-bond donors (Lipinski definition) is 2. The first-order valence-corrected chi connectivity index (χ1v) is 8.71. The van der Waals surface area contributed by atoms with Crippen LogP contribution in [0.2, 0.25) is 5.02 Å². The summed E-state index contributed by atoms with van der Waals surface area (Å²) in [7, 11) is 1.57. The molecule has 0 radical (unpaired) electrons. The number of halogens is 1. The van der Waals surface area contributed by atoms with Crippen molar-refractivity contribution < 1.29 is 9.90 Å². The Morgan fingerprint density at radius 1 is 1.15 bits per heavy atom. The van der Waals surface area contributed by atoms with Crippen molar-refractivity contribution in [3.05, 3.63) is 75.0 Å². The van der Waals surface area contributed by atoms with Crippen LogP contribution in [0.3, 0.4) is 0 Å². The molecule has 0 aliphatic heterocycles. The predicted molar refractivity (Wildman–Crippen MR) is 103 cm³/mol. The highest BCUT2D eigenvalue weighted by molar-refractivity contribution is 6.31. The van der Waals surface area contributed by atoms with Gasteiger partial charge in [-0.15, -0.1) is 0 Å². The lowest BCUT2D eigenvalue weighted by molar-refractivity contribution is 0.0952. The Morgan fingerprint density at radius 3 is 2.62 bits per heavy atom. The second-order valence-electron chi connectivity index (χ2n) is 6.06. The van der Waals surface area contributed by atoms with Crippen LogP contribution >= 0.6 is 11.6 Å². The van der Waals surface area contributed by atoms with Gasteiger partial charge in [0.1, 0.15) is 0 Å². The van der Waals surface area contributed by atoms with E-state index in [0.717, 1.165) is 12.0 Å². The number of pyridine rings is 1. The lowest BCUT2D eigenvalue weighted by Crippen LogP contribution is -2.28. The van der Waals surface area contributed by atoms with Crippen molar-refractivity contribution in [2.24, 2.45) is 7.05 Å². The van der Waals surface area contributed by atoms with E-state index in [0.29, 0.717) is 28.9 Å². The predicted octanol–water partition coefficient (Wildman–Crippen LogP) is 3.26. The van der Waals surface area contributed by atoms with Crippen molar-refractivity contribution in [1.82, 2.24) is 9.88 Å². The number of carbonyl (C=O) groups is 1. The van der Waals surface area contributed by atoms with Crippen molar-refractivity contribution in [1.29, 1.82) is 0 Å². The fraction of sp³-hybridized carbons (Fsp3) is 0.200. The molecular weight excluding hydrogens is 352 g/mol. The standard InChI is InChI=1S/C20H19ClN2O3/c1-23-16-11-5-3-9-14(16)17(18(24)20(23)26)19(25)22-12-6-8-13-7-2-4-10-15(13)21/h2-5,7,9-11,24H,6,8,12H2,1H3,(H,22,25). The van der Waals surface area contributed by atoms with Crippen LogP contribution in [0.25, 0.3) is 10.9 Å². The quantitative estimate of drug-likeness (QED) is 0.677. The lowest BCUT2D eigenvalue weighted by atomic mass is 10.1. The number of aryl methyl sites for hydroxylation is 2. The average molecular weight is 371 g/mol. The molecule has 0 unspecified atom stereocenters. The number of aromatic hydroxyl groups is 1. The second kappa shape index (κ2) is 7.62. The van der Waals surface area contributed by atoms with Gasteiger partial charge in [0, 0.05) is 24.0 Å². The van der Waals surface area contributed by atoms with E-state index in [2.05, 4.69) is 5.32 Å². The number of carbonyl (C=O) groups excluding carboxylic acids is 1. The molecule has 0 aliphatic rings. The molecule has 1 aromatic heterocycles. The van der Waals surface area contributed by atoms with Gasteiger partial charge in [0.05, 0.1) is 11.1 Å². The van der Waals surface area contributed by atoms with Crippen LogP contribution in [0.15, 0.2) is 53.3 Å². The lowest BCUT2D eigenvalue weighted by Gasteiger charge is -2.12. The largest absolute Gasteiger partial charge is 0.502 e. The second-order valence-corrected chi connectivity index (χ2v) is 6.46. The van der Waals surface area contributed by atoms with E-state index in [1.54, 1.807) is 31.3 Å². The summed E-state index contributed by atoms with van der Waals surface area (Å²) < 4.78 is 1.33. The maximum absolute atomic E-state index is 12.6. The normalized spacial score (nSPS) is 10.8. The molecule has 134 valence electrons. The third kappa shape index (κ3) is 3.44. The summed E-state index contributed by atoms with van der Waals surface area (Å²) in [5, 5.41) is 14.2. The van der Waals surface area contributed by atoms with Crippen molar-refractivity contribution >= 4 is 28.4 Å². The molecule has 26 heavy (non-hydrogen) atoms. The summed E-state index contributed by atoms with van der Waals surface area (Å²) in [4.78, 5) is 24.8. The molecule has 1 amide bonds. The van der Waals surface area contributed by atoms with Gasteiger partial charge in [-0.2, -0.15) is 0 Å². The molecule has 0 bridgehead atoms. The van der Waals surface area contributed by atoms with Gasteiger partial charge in [0.25, 0.3) is 11.5 Å². The number of hydrogen-bond acceptors (Lipinski definition) is 3. The smallest absolute Gasteiger partial charge is 0.293 e. The van der Waals surface area contributed by atoms with Gasteiger partial charge < -0.3 is 15.0 Å². The van der Waals surface area contributed by atoms with Crippen molar-refractivity contribution in [3.63, 3.8) is 0 Å². The van der Waals surface area contributed by atoms with Gasteiger partial charge in [0.15, 0.2) is 5.75 Å². The van der Waals surface area contributed by atoms with Gasteiger partial charge >= 0.3 is 0 Å². The Balaban J connectivity index is 1.76. The number of benzene rings is 2. The third-order valence-corrected chi connectivity index (χ3v) is 4.74. The summed E-state index contributed by atoms with van der Waals surface area (Å²) in [6.45, 7) is 0.410. The number of nitrogens with zero attached hydrogens (tertiary/aromatic N) is 1. The molecule has 0 atom stereocenters. The van der Waals surface area contributed by atoms with Crippen LogP contribution < -0.4 is 10.9 Å². The Bertz CT molecular complexity index is 1030.